The highest BCUT2D eigenvalue weighted by Crippen LogP contribution is 2.48. The monoisotopic (exact) mass is 449 g/mol. The van der Waals surface area contributed by atoms with Gasteiger partial charge in [-0.15, -0.1) is 0 Å². The van der Waals surface area contributed by atoms with Crippen LogP contribution in [-0.4, -0.2) is 22.3 Å². The van der Waals surface area contributed by atoms with Crippen LogP contribution in [0.25, 0.3) is 0 Å². The molecule has 0 spiro atoms. The third-order valence-electron chi connectivity index (χ3n) is 5.65. The second-order valence-electron chi connectivity index (χ2n) is 7.58. The Morgan fingerprint density at radius 2 is 1.97 bits per heavy atom. The van der Waals surface area contributed by atoms with Crippen molar-refractivity contribution in [2.75, 3.05) is 6.61 Å². The molecule has 5 rings (SSSR count). The minimum atomic E-state index is -0.605. The minimum Gasteiger partial charge on any atom is -0.494 e. The lowest BCUT2D eigenvalue weighted by Crippen LogP contribution is -2.33. The molecule has 2 aliphatic rings. The quantitative estimate of drug-likeness (QED) is 0.358. The Labute approximate surface area is 190 Å². The van der Waals surface area contributed by atoms with Gasteiger partial charge in [-0.25, -0.2) is 5.01 Å². The fourth-order valence-electron chi connectivity index (χ4n) is 4.16. The van der Waals surface area contributed by atoms with Gasteiger partial charge in [0.25, 0.3) is 5.69 Å². The van der Waals surface area contributed by atoms with Crippen LogP contribution in [0, 0.1) is 10.1 Å². The second-order valence-corrected chi connectivity index (χ2v) is 7.99. The van der Waals surface area contributed by atoms with Crippen LogP contribution in [0.15, 0.2) is 71.8 Å². The Morgan fingerprint density at radius 3 is 2.72 bits per heavy atom. The van der Waals surface area contributed by atoms with Crippen LogP contribution >= 0.6 is 11.6 Å². The molecule has 0 unspecified atom stereocenters. The van der Waals surface area contributed by atoms with Crippen LogP contribution in [0.1, 0.15) is 42.3 Å². The standard InChI is InChI=1S/C24H20ClN3O4/c1-2-31-17-10-7-15(8-11-17)20-14-21-18-5-3-4-6-23(18)32-24(27(21)26-20)16-9-12-19(25)22(13-16)28(29)30/h3-13,21,24H,2,14H2,1H3/t21-,24+/m0/s1. The van der Waals surface area contributed by atoms with Crippen molar-refractivity contribution in [2.24, 2.45) is 5.10 Å². The number of halogens is 1. The van der Waals surface area contributed by atoms with Crippen molar-refractivity contribution in [2.45, 2.75) is 25.6 Å². The maximum absolute atomic E-state index is 11.4. The van der Waals surface area contributed by atoms with Crippen molar-refractivity contribution in [1.29, 1.82) is 0 Å². The number of nitrogens with zero attached hydrogens (tertiary/aromatic N) is 3. The van der Waals surface area contributed by atoms with Crippen molar-refractivity contribution >= 4 is 23.0 Å². The van der Waals surface area contributed by atoms with E-state index in [2.05, 4.69) is 0 Å². The molecule has 0 N–H and O–H groups in total. The molecule has 0 bridgehead atoms. The predicted octanol–water partition coefficient (Wildman–Crippen LogP) is 5.89. The van der Waals surface area contributed by atoms with Gasteiger partial charge in [-0.05, 0) is 48.9 Å². The van der Waals surface area contributed by atoms with E-state index in [9.17, 15) is 10.1 Å². The number of hydrogen-bond donors (Lipinski definition) is 0. The van der Waals surface area contributed by atoms with E-state index in [1.807, 2.05) is 60.5 Å². The number of nitro benzene ring substituents is 1. The molecule has 0 fully saturated rings. The predicted molar refractivity (Wildman–Crippen MR) is 121 cm³/mol. The summed E-state index contributed by atoms with van der Waals surface area (Å²) in [7, 11) is 0. The van der Waals surface area contributed by atoms with E-state index in [1.165, 1.54) is 12.1 Å². The first kappa shape index (κ1) is 20.3. The van der Waals surface area contributed by atoms with Crippen molar-refractivity contribution in [1.82, 2.24) is 5.01 Å². The zero-order valence-electron chi connectivity index (χ0n) is 17.3. The summed E-state index contributed by atoms with van der Waals surface area (Å²) >= 11 is 6.03. The zero-order chi connectivity index (χ0) is 22.2. The fraction of sp³-hybridized carbons (Fsp3) is 0.208. The second kappa shape index (κ2) is 8.16. The Kier molecular flexibility index (Phi) is 5.19. The number of ether oxygens (including phenoxy) is 2. The molecule has 0 amide bonds. The highest BCUT2D eigenvalue weighted by molar-refractivity contribution is 6.32. The van der Waals surface area contributed by atoms with Crippen molar-refractivity contribution in [3.8, 4) is 11.5 Å². The molecule has 0 aromatic heterocycles. The molecule has 2 heterocycles. The third kappa shape index (κ3) is 3.54. The van der Waals surface area contributed by atoms with Gasteiger partial charge in [0.2, 0.25) is 6.23 Å². The van der Waals surface area contributed by atoms with Crippen molar-refractivity contribution in [3.05, 3.63) is 98.6 Å². The highest BCUT2D eigenvalue weighted by atomic mass is 35.5. The summed E-state index contributed by atoms with van der Waals surface area (Å²) in [6, 6.07) is 20.4. The fourth-order valence-corrected chi connectivity index (χ4v) is 4.35. The lowest BCUT2D eigenvalue weighted by molar-refractivity contribution is -0.384. The minimum absolute atomic E-state index is 0.0405. The lowest BCUT2D eigenvalue weighted by Gasteiger charge is -2.38. The van der Waals surface area contributed by atoms with Gasteiger partial charge in [0, 0.05) is 23.6 Å². The van der Waals surface area contributed by atoms with Crippen LogP contribution in [0.5, 0.6) is 11.5 Å². The molecule has 2 atom stereocenters. The average Bonchev–Trinajstić information content (AvgIpc) is 3.25. The largest absolute Gasteiger partial charge is 0.494 e. The Morgan fingerprint density at radius 1 is 1.19 bits per heavy atom. The van der Waals surface area contributed by atoms with E-state index >= 15 is 0 Å². The molecular formula is C24H20ClN3O4. The van der Waals surface area contributed by atoms with Crippen LogP contribution in [0.3, 0.4) is 0 Å². The summed E-state index contributed by atoms with van der Waals surface area (Å²) in [6.07, 6.45) is 0.0895. The molecule has 8 heteroatoms. The number of nitro groups is 1. The summed E-state index contributed by atoms with van der Waals surface area (Å²) in [5.41, 5.74) is 3.43. The van der Waals surface area contributed by atoms with Gasteiger partial charge in [-0.2, -0.15) is 5.10 Å². The number of hydrogen-bond acceptors (Lipinski definition) is 6. The van der Waals surface area contributed by atoms with E-state index in [4.69, 9.17) is 26.2 Å². The molecular weight excluding hydrogens is 430 g/mol. The van der Waals surface area contributed by atoms with Crippen LogP contribution < -0.4 is 9.47 Å². The number of benzene rings is 3. The number of para-hydroxylation sites is 1. The van der Waals surface area contributed by atoms with Gasteiger partial charge in [0.05, 0.1) is 23.3 Å². The number of fused-ring (bicyclic) bond motifs is 3. The van der Waals surface area contributed by atoms with Crippen LogP contribution in [0.2, 0.25) is 5.02 Å². The average molecular weight is 450 g/mol. The summed E-state index contributed by atoms with van der Waals surface area (Å²) in [5, 5.41) is 18.3. The maximum Gasteiger partial charge on any atom is 0.288 e. The van der Waals surface area contributed by atoms with Crippen LogP contribution in [-0.2, 0) is 0 Å². The van der Waals surface area contributed by atoms with E-state index in [1.54, 1.807) is 6.07 Å². The Bertz CT molecular complexity index is 1210. The summed E-state index contributed by atoms with van der Waals surface area (Å²) in [5.74, 6) is 1.56. The molecule has 0 radical (unpaired) electrons. The molecule has 3 aromatic carbocycles. The summed E-state index contributed by atoms with van der Waals surface area (Å²) in [6.45, 7) is 2.56. The van der Waals surface area contributed by atoms with E-state index in [0.29, 0.717) is 18.6 Å². The SMILES string of the molecule is CCOc1ccc(C2=NN3[C@@H](c4ccc(Cl)c([N+](=O)[O-])c4)Oc4ccccc4[C@@H]3C2)cc1. The molecule has 32 heavy (non-hydrogen) atoms. The van der Waals surface area contributed by atoms with Gasteiger partial charge in [-0.3, -0.25) is 10.1 Å². The van der Waals surface area contributed by atoms with E-state index in [0.717, 1.165) is 28.3 Å². The molecule has 162 valence electrons. The maximum atomic E-state index is 11.4. The first-order valence-electron chi connectivity index (χ1n) is 10.3. The Balaban J connectivity index is 1.55. The molecule has 7 nitrogen and oxygen atoms in total. The van der Waals surface area contributed by atoms with Crippen molar-refractivity contribution in [3.63, 3.8) is 0 Å². The molecule has 0 saturated carbocycles. The topological polar surface area (TPSA) is 77.2 Å². The molecule has 0 aliphatic carbocycles. The van der Waals surface area contributed by atoms with Crippen molar-refractivity contribution < 1.29 is 14.4 Å². The van der Waals surface area contributed by atoms with Gasteiger partial charge < -0.3 is 9.47 Å². The number of hydrazone groups is 1. The van der Waals surface area contributed by atoms with E-state index < -0.39 is 11.2 Å². The summed E-state index contributed by atoms with van der Waals surface area (Å²) < 4.78 is 11.8. The van der Waals surface area contributed by atoms with E-state index in [-0.39, 0.29) is 16.8 Å². The molecule has 3 aromatic rings. The van der Waals surface area contributed by atoms with Crippen LogP contribution in [0.4, 0.5) is 5.69 Å². The Hall–Kier alpha value is -3.58. The first-order valence-corrected chi connectivity index (χ1v) is 10.7. The molecule has 2 aliphatic heterocycles. The normalized spacial score (nSPS) is 18.9. The number of rotatable bonds is 5. The first-order chi connectivity index (χ1) is 15.5. The highest BCUT2D eigenvalue weighted by Gasteiger charge is 2.41. The summed E-state index contributed by atoms with van der Waals surface area (Å²) in [4.78, 5) is 10.9. The third-order valence-corrected chi connectivity index (χ3v) is 5.97. The molecule has 0 saturated heterocycles. The van der Waals surface area contributed by atoms with Gasteiger partial charge in [0.1, 0.15) is 16.5 Å². The lowest BCUT2D eigenvalue weighted by atomic mass is 9.96. The van der Waals surface area contributed by atoms with Gasteiger partial charge >= 0.3 is 0 Å². The smallest absolute Gasteiger partial charge is 0.288 e. The zero-order valence-corrected chi connectivity index (χ0v) is 18.0. The van der Waals surface area contributed by atoms with Gasteiger partial charge in [0.15, 0.2) is 0 Å². The van der Waals surface area contributed by atoms with Gasteiger partial charge in [-0.1, -0.05) is 35.9 Å².